The second-order valence-electron chi connectivity index (χ2n) is 4.50. The molecule has 15 heavy (non-hydrogen) atoms. The SMILES string of the molecule is CC(=O)N1CCCCC1CNC1COC1. The van der Waals surface area contributed by atoms with Crippen LogP contribution in [0.1, 0.15) is 26.2 Å². The number of carbonyl (C=O) groups excluding carboxylic acids is 1. The lowest BCUT2D eigenvalue weighted by Crippen LogP contribution is -2.53. The van der Waals surface area contributed by atoms with E-state index >= 15 is 0 Å². The van der Waals surface area contributed by atoms with Crippen molar-refractivity contribution in [2.24, 2.45) is 0 Å². The summed E-state index contributed by atoms with van der Waals surface area (Å²) in [4.78, 5) is 13.4. The lowest BCUT2D eigenvalue weighted by Gasteiger charge is -2.37. The average Bonchev–Trinajstić information content (AvgIpc) is 2.16. The summed E-state index contributed by atoms with van der Waals surface area (Å²) in [7, 11) is 0. The van der Waals surface area contributed by atoms with Gasteiger partial charge in [0, 0.05) is 26.1 Å². The van der Waals surface area contributed by atoms with Crippen LogP contribution in [-0.2, 0) is 9.53 Å². The number of rotatable bonds is 3. The van der Waals surface area contributed by atoms with Crippen LogP contribution in [0.15, 0.2) is 0 Å². The highest BCUT2D eigenvalue weighted by Crippen LogP contribution is 2.16. The van der Waals surface area contributed by atoms with Crippen LogP contribution in [-0.4, -0.2) is 49.2 Å². The fraction of sp³-hybridized carbons (Fsp3) is 0.909. The third kappa shape index (κ3) is 2.69. The average molecular weight is 212 g/mol. The van der Waals surface area contributed by atoms with Crippen molar-refractivity contribution in [1.29, 1.82) is 0 Å². The van der Waals surface area contributed by atoms with Crippen LogP contribution in [0.3, 0.4) is 0 Å². The molecule has 0 radical (unpaired) electrons. The van der Waals surface area contributed by atoms with E-state index in [2.05, 4.69) is 5.32 Å². The smallest absolute Gasteiger partial charge is 0.219 e. The number of ether oxygens (including phenoxy) is 1. The minimum absolute atomic E-state index is 0.214. The van der Waals surface area contributed by atoms with Gasteiger partial charge in [-0.05, 0) is 19.3 Å². The Morgan fingerprint density at radius 1 is 1.47 bits per heavy atom. The maximum atomic E-state index is 11.4. The van der Waals surface area contributed by atoms with E-state index in [0.717, 1.165) is 39.1 Å². The van der Waals surface area contributed by atoms with Gasteiger partial charge >= 0.3 is 0 Å². The molecule has 0 saturated carbocycles. The van der Waals surface area contributed by atoms with Crippen LogP contribution < -0.4 is 5.32 Å². The number of nitrogens with one attached hydrogen (secondary N) is 1. The number of piperidine rings is 1. The van der Waals surface area contributed by atoms with Gasteiger partial charge in [0.1, 0.15) is 0 Å². The molecule has 1 N–H and O–H groups in total. The topological polar surface area (TPSA) is 41.6 Å². The Labute approximate surface area is 91.0 Å². The van der Waals surface area contributed by atoms with Crippen LogP contribution in [0.5, 0.6) is 0 Å². The second kappa shape index (κ2) is 4.94. The molecular formula is C11H20N2O2. The van der Waals surface area contributed by atoms with Crippen LogP contribution in [0.4, 0.5) is 0 Å². The van der Waals surface area contributed by atoms with E-state index in [1.54, 1.807) is 6.92 Å². The number of hydrogen-bond donors (Lipinski definition) is 1. The van der Waals surface area contributed by atoms with Gasteiger partial charge in [-0.1, -0.05) is 0 Å². The molecule has 0 aromatic rings. The third-order valence-corrected chi connectivity index (χ3v) is 3.31. The Kier molecular flexibility index (Phi) is 3.59. The van der Waals surface area contributed by atoms with E-state index in [1.165, 1.54) is 6.42 Å². The first-order valence-corrected chi connectivity index (χ1v) is 5.85. The van der Waals surface area contributed by atoms with E-state index in [4.69, 9.17) is 4.74 Å². The molecule has 2 rings (SSSR count). The molecule has 2 fully saturated rings. The summed E-state index contributed by atoms with van der Waals surface area (Å²) in [5, 5.41) is 3.45. The summed E-state index contributed by atoms with van der Waals surface area (Å²) in [6.07, 6.45) is 3.54. The molecule has 86 valence electrons. The predicted octanol–water partition coefficient (Wildman–Crippen LogP) is 0.376. The van der Waals surface area contributed by atoms with Gasteiger partial charge in [0.15, 0.2) is 0 Å². The van der Waals surface area contributed by atoms with Gasteiger partial charge in [-0.15, -0.1) is 0 Å². The van der Waals surface area contributed by atoms with Gasteiger partial charge in [0.2, 0.25) is 5.91 Å². The third-order valence-electron chi connectivity index (χ3n) is 3.31. The van der Waals surface area contributed by atoms with Gasteiger partial charge in [0.05, 0.1) is 19.3 Å². The van der Waals surface area contributed by atoms with Crippen LogP contribution in [0, 0.1) is 0 Å². The summed E-state index contributed by atoms with van der Waals surface area (Å²) in [6, 6.07) is 0.914. The zero-order valence-electron chi connectivity index (χ0n) is 9.37. The fourth-order valence-electron chi connectivity index (χ4n) is 2.28. The minimum atomic E-state index is 0.214. The summed E-state index contributed by atoms with van der Waals surface area (Å²) >= 11 is 0. The molecule has 1 amide bonds. The molecule has 0 aromatic carbocycles. The highest BCUT2D eigenvalue weighted by atomic mass is 16.5. The maximum Gasteiger partial charge on any atom is 0.219 e. The van der Waals surface area contributed by atoms with E-state index in [1.807, 2.05) is 4.90 Å². The second-order valence-corrected chi connectivity index (χ2v) is 4.50. The largest absolute Gasteiger partial charge is 0.378 e. The van der Waals surface area contributed by atoms with Crippen molar-refractivity contribution >= 4 is 5.91 Å². The van der Waals surface area contributed by atoms with Gasteiger partial charge in [0.25, 0.3) is 0 Å². The molecule has 0 aliphatic carbocycles. The van der Waals surface area contributed by atoms with E-state index < -0.39 is 0 Å². The Hall–Kier alpha value is -0.610. The number of likely N-dealkylation sites (tertiary alicyclic amines) is 1. The summed E-state index contributed by atoms with van der Waals surface area (Å²) in [5.74, 6) is 0.214. The number of nitrogens with zero attached hydrogens (tertiary/aromatic N) is 1. The van der Waals surface area contributed by atoms with Gasteiger partial charge in [-0.2, -0.15) is 0 Å². The van der Waals surface area contributed by atoms with Crippen molar-refractivity contribution in [2.45, 2.75) is 38.3 Å². The van der Waals surface area contributed by atoms with Crippen LogP contribution >= 0.6 is 0 Å². The van der Waals surface area contributed by atoms with Crippen LogP contribution in [0.2, 0.25) is 0 Å². The highest BCUT2D eigenvalue weighted by Gasteiger charge is 2.26. The van der Waals surface area contributed by atoms with Gasteiger partial charge < -0.3 is 15.0 Å². The van der Waals surface area contributed by atoms with Crippen molar-refractivity contribution in [2.75, 3.05) is 26.3 Å². The summed E-state index contributed by atoms with van der Waals surface area (Å²) in [6.45, 7) is 5.18. The quantitative estimate of drug-likeness (QED) is 0.735. The molecule has 0 aromatic heterocycles. The number of carbonyl (C=O) groups is 1. The first-order chi connectivity index (χ1) is 7.27. The zero-order valence-corrected chi connectivity index (χ0v) is 9.37. The Balaban J connectivity index is 1.78. The maximum absolute atomic E-state index is 11.4. The van der Waals surface area contributed by atoms with Crippen molar-refractivity contribution in [3.63, 3.8) is 0 Å². The zero-order chi connectivity index (χ0) is 10.7. The predicted molar refractivity (Wildman–Crippen MR) is 57.6 cm³/mol. The summed E-state index contributed by atoms with van der Waals surface area (Å²) < 4.78 is 5.11. The molecule has 4 nitrogen and oxygen atoms in total. The van der Waals surface area contributed by atoms with Crippen molar-refractivity contribution in [3.8, 4) is 0 Å². The first-order valence-electron chi connectivity index (χ1n) is 5.85. The van der Waals surface area contributed by atoms with Crippen molar-refractivity contribution in [3.05, 3.63) is 0 Å². The molecule has 2 heterocycles. The number of hydrogen-bond acceptors (Lipinski definition) is 3. The summed E-state index contributed by atoms with van der Waals surface area (Å²) in [5.41, 5.74) is 0. The monoisotopic (exact) mass is 212 g/mol. The molecule has 1 unspecified atom stereocenters. The lowest BCUT2D eigenvalue weighted by atomic mass is 10.0. The Morgan fingerprint density at radius 2 is 2.27 bits per heavy atom. The molecule has 2 saturated heterocycles. The molecule has 0 bridgehead atoms. The van der Waals surface area contributed by atoms with Crippen molar-refractivity contribution < 1.29 is 9.53 Å². The van der Waals surface area contributed by atoms with Crippen LogP contribution in [0.25, 0.3) is 0 Å². The standard InChI is InChI=1S/C11H20N2O2/c1-9(14)13-5-3-2-4-11(13)6-12-10-7-15-8-10/h10-12H,2-8H2,1H3. The fourth-order valence-corrected chi connectivity index (χ4v) is 2.28. The normalized spacial score (nSPS) is 27.5. The molecule has 1 atom stereocenters. The molecule has 0 spiro atoms. The van der Waals surface area contributed by atoms with Crippen molar-refractivity contribution in [1.82, 2.24) is 10.2 Å². The van der Waals surface area contributed by atoms with E-state index in [9.17, 15) is 4.79 Å². The number of amides is 1. The van der Waals surface area contributed by atoms with Gasteiger partial charge in [-0.3, -0.25) is 4.79 Å². The molecule has 2 aliphatic rings. The molecule has 4 heteroatoms. The first kappa shape index (κ1) is 10.9. The van der Waals surface area contributed by atoms with Gasteiger partial charge in [-0.25, -0.2) is 0 Å². The van der Waals surface area contributed by atoms with E-state index in [-0.39, 0.29) is 5.91 Å². The Morgan fingerprint density at radius 3 is 2.87 bits per heavy atom. The Bertz CT molecular complexity index is 229. The molecular weight excluding hydrogens is 192 g/mol. The lowest BCUT2D eigenvalue weighted by molar-refractivity contribution is -0.132. The van der Waals surface area contributed by atoms with E-state index in [0.29, 0.717) is 12.1 Å². The molecule has 2 aliphatic heterocycles. The highest BCUT2D eigenvalue weighted by molar-refractivity contribution is 5.73. The minimum Gasteiger partial charge on any atom is -0.378 e.